The van der Waals surface area contributed by atoms with Crippen LogP contribution in [0.1, 0.15) is 10.4 Å². The second-order valence-electron chi connectivity index (χ2n) is 4.26. The molecule has 1 amide bonds. The lowest BCUT2D eigenvalue weighted by molar-refractivity contribution is 0.102. The Bertz CT molecular complexity index is 657. The fourth-order valence-corrected chi connectivity index (χ4v) is 1.98. The number of amides is 1. The van der Waals surface area contributed by atoms with E-state index >= 15 is 0 Å². The molecule has 0 aliphatic heterocycles. The molecule has 0 aliphatic rings. The molecule has 0 bridgehead atoms. The molecule has 0 radical (unpaired) electrons. The molecular formula is C15H15ClN2O3. The van der Waals surface area contributed by atoms with Gasteiger partial charge in [0.1, 0.15) is 0 Å². The molecule has 2 rings (SSSR count). The van der Waals surface area contributed by atoms with Crippen LogP contribution in [0.4, 0.5) is 11.4 Å². The quantitative estimate of drug-likeness (QED) is 0.851. The number of methoxy groups -OCH3 is 2. The number of halogens is 1. The van der Waals surface area contributed by atoms with E-state index in [1.165, 1.54) is 14.2 Å². The molecule has 110 valence electrons. The van der Waals surface area contributed by atoms with Gasteiger partial charge in [-0.15, -0.1) is 0 Å². The molecule has 0 fully saturated rings. The monoisotopic (exact) mass is 306 g/mol. The number of carbonyl (C=O) groups excluding carboxylic acids is 1. The minimum atomic E-state index is -0.288. The molecule has 0 heterocycles. The van der Waals surface area contributed by atoms with E-state index in [4.69, 9.17) is 26.8 Å². The van der Waals surface area contributed by atoms with Gasteiger partial charge in [0.25, 0.3) is 5.91 Å². The standard InChI is InChI=1S/C15H15ClN2O3/c1-20-13-7-11(16)12(8-14(13)21-2)18-15(19)9-3-5-10(17)6-4-9/h3-8H,17H2,1-2H3,(H,18,19). The van der Waals surface area contributed by atoms with Crippen LogP contribution < -0.4 is 20.5 Å². The third kappa shape index (κ3) is 3.38. The van der Waals surface area contributed by atoms with Crippen molar-refractivity contribution in [3.05, 3.63) is 47.0 Å². The van der Waals surface area contributed by atoms with Gasteiger partial charge in [-0.3, -0.25) is 4.79 Å². The number of hydrogen-bond donors (Lipinski definition) is 2. The van der Waals surface area contributed by atoms with E-state index in [9.17, 15) is 4.79 Å². The second-order valence-corrected chi connectivity index (χ2v) is 4.67. The first-order valence-corrected chi connectivity index (χ1v) is 6.51. The van der Waals surface area contributed by atoms with Crippen LogP contribution in [0.3, 0.4) is 0 Å². The minimum Gasteiger partial charge on any atom is -0.493 e. The molecule has 0 atom stereocenters. The first kappa shape index (κ1) is 15.0. The van der Waals surface area contributed by atoms with Crippen molar-refractivity contribution < 1.29 is 14.3 Å². The first-order valence-electron chi connectivity index (χ1n) is 6.13. The number of hydrogen-bond acceptors (Lipinski definition) is 4. The van der Waals surface area contributed by atoms with Crippen molar-refractivity contribution in [1.82, 2.24) is 0 Å². The Balaban J connectivity index is 2.26. The average molecular weight is 307 g/mol. The summed E-state index contributed by atoms with van der Waals surface area (Å²) in [4.78, 5) is 12.1. The van der Waals surface area contributed by atoms with E-state index < -0.39 is 0 Å². The molecule has 0 spiro atoms. The lowest BCUT2D eigenvalue weighted by Crippen LogP contribution is -2.12. The Morgan fingerprint density at radius 1 is 1.10 bits per heavy atom. The number of anilines is 2. The zero-order chi connectivity index (χ0) is 15.4. The summed E-state index contributed by atoms with van der Waals surface area (Å²) < 4.78 is 10.3. The number of benzene rings is 2. The Hall–Kier alpha value is -2.40. The van der Waals surface area contributed by atoms with Gasteiger partial charge in [-0.1, -0.05) is 11.6 Å². The zero-order valence-electron chi connectivity index (χ0n) is 11.6. The number of nitrogens with two attached hydrogens (primary N) is 1. The van der Waals surface area contributed by atoms with Crippen LogP contribution in [-0.2, 0) is 0 Å². The SMILES string of the molecule is COc1cc(Cl)c(NC(=O)c2ccc(N)cc2)cc1OC. The lowest BCUT2D eigenvalue weighted by atomic mass is 10.2. The van der Waals surface area contributed by atoms with Crippen molar-refractivity contribution in [2.24, 2.45) is 0 Å². The Morgan fingerprint density at radius 2 is 1.67 bits per heavy atom. The predicted molar refractivity (Wildman–Crippen MR) is 83.4 cm³/mol. The van der Waals surface area contributed by atoms with Crippen molar-refractivity contribution in [2.45, 2.75) is 0 Å². The van der Waals surface area contributed by atoms with Crippen LogP contribution in [0, 0.1) is 0 Å². The van der Waals surface area contributed by atoms with Crippen molar-refractivity contribution in [1.29, 1.82) is 0 Å². The van der Waals surface area contributed by atoms with Crippen LogP contribution in [0.15, 0.2) is 36.4 Å². The normalized spacial score (nSPS) is 10.0. The molecule has 0 unspecified atom stereocenters. The highest BCUT2D eigenvalue weighted by atomic mass is 35.5. The third-order valence-corrected chi connectivity index (χ3v) is 3.21. The fourth-order valence-electron chi connectivity index (χ4n) is 1.78. The Labute approximate surface area is 127 Å². The van der Waals surface area contributed by atoms with Crippen LogP contribution in [-0.4, -0.2) is 20.1 Å². The molecule has 0 saturated carbocycles. The number of carbonyl (C=O) groups is 1. The van der Waals surface area contributed by atoms with Gasteiger partial charge in [0, 0.05) is 23.4 Å². The molecule has 0 aliphatic carbocycles. The van der Waals surface area contributed by atoms with Crippen LogP contribution in [0.5, 0.6) is 11.5 Å². The summed E-state index contributed by atoms with van der Waals surface area (Å²) in [6.07, 6.45) is 0. The molecule has 0 saturated heterocycles. The molecular weight excluding hydrogens is 292 g/mol. The molecule has 21 heavy (non-hydrogen) atoms. The first-order chi connectivity index (χ1) is 10.0. The van der Waals surface area contributed by atoms with Crippen molar-refractivity contribution in [3.8, 4) is 11.5 Å². The summed E-state index contributed by atoms with van der Waals surface area (Å²) in [6, 6.07) is 9.78. The van der Waals surface area contributed by atoms with Crippen LogP contribution >= 0.6 is 11.6 Å². The summed E-state index contributed by atoms with van der Waals surface area (Å²) in [5, 5.41) is 3.08. The maximum Gasteiger partial charge on any atom is 0.255 e. The van der Waals surface area contributed by atoms with Gasteiger partial charge in [0.2, 0.25) is 0 Å². The lowest BCUT2D eigenvalue weighted by Gasteiger charge is -2.12. The number of rotatable bonds is 4. The largest absolute Gasteiger partial charge is 0.493 e. The summed E-state index contributed by atoms with van der Waals surface area (Å²) in [5.74, 6) is 0.687. The Kier molecular flexibility index (Phi) is 4.55. The molecule has 0 aromatic heterocycles. The maximum atomic E-state index is 12.1. The summed E-state index contributed by atoms with van der Waals surface area (Å²) in [6.45, 7) is 0. The van der Waals surface area contributed by atoms with Gasteiger partial charge in [-0.2, -0.15) is 0 Å². The van der Waals surface area contributed by atoms with E-state index in [2.05, 4.69) is 5.32 Å². The predicted octanol–water partition coefficient (Wildman–Crippen LogP) is 3.19. The molecule has 6 heteroatoms. The minimum absolute atomic E-state index is 0.288. The van der Waals surface area contributed by atoms with Gasteiger partial charge >= 0.3 is 0 Å². The van der Waals surface area contributed by atoms with E-state index in [1.54, 1.807) is 36.4 Å². The summed E-state index contributed by atoms with van der Waals surface area (Å²) in [5.41, 5.74) is 7.11. The van der Waals surface area contributed by atoms with E-state index in [0.717, 1.165) is 0 Å². The molecule has 3 N–H and O–H groups in total. The highest BCUT2D eigenvalue weighted by Crippen LogP contribution is 2.36. The molecule has 2 aromatic carbocycles. The van der Waals surface area contributed by atoms with Crippen LogP contribution in [0.2, 0.25) is 5.02 Å². The van der Waals surface area contributed by atoms with E-state index in [1.807, 2.05) is 0 Å². The molecule has 2 aromatic rings. The zero-order valence-corrected chi connectivity index (χ0v) is 12.4. The highest BCUT2D eigenvalue weighted by molar-refractivity contribution is 6.34. The summed E-state index contributed by atoms with van der Waals surface area (Å²) in [7, 11) is 3.03. The molecule has 5 nitrogen and oxygen atoms in total. The topological polar surface area (TPSA) is 73.6 Å². The van der Waals surface area contributed by atoms with Crippen LogP contribution in [0.25, 0.3) is 0 Å². The number of nitrogen functional groups attached to an aromatic ring is 1. The van der Waals surface area contributed by atoms with Crippen molar-refractivity contribution in [3.63, 3.8) is 0 Å². The second kappa shape index (κ2) is 6.37. The van der Waals surface area contributed by atoms with Crippen molar-refractivity contribution in [2.75, 3.05) is 25.3 Å². The Morgan fingerprint density at radius 3 is 2.24 bits per heavy atom. The van der Waals surface area contributed by atoms with Gasteiger partial charge in [0.15, 0.2) is 11.5 Å². The highest BCUT2D eigenvalue weighted by Gasteiger charge is 2.13. The van der Waals surface area contributed by atoms with Gasteiger partial charge in [-0.05, 0) is 24.3 Å². The third-order valence-electron chi connectivity index (χ3n) is 2.89. The van der Waals surface area contributed by atoms with E-state index in [0.29, 0.717) is 33.5 Å². The van der Waals surface area contributed by atoms with Gasteiger partial charge in [-0.25, -0.2) is 0 Å². The van der Waals surface area contributed by atoms with Gasteiger partial charge < -0.3 is 20.5 Å². The maximum absolute atomic E-state index is 12.1. The fraction of sp³-hybridized carbons (Fsp3) is 0.133. The van der Waals surface area contributed by atoms with Crippen molar-refractivity contribution >= 4 is 28.9 Å². The van der Waals surface area contributed by atoms with E-state index in [-0.39, 0.29) is 5.91 Å². The van der Waals surface area contributed by atoms with Gasteiger partial charge in [0.05, 0.1) is 24.9 Å². The number of ether oxygens (including phenoxy) is 2. The number of nitrogens with one attached hydrogen (secondary N) is 1. The summed E-state index contributed by atoms with van der Waals surface area (Å²) >= 11 is 6.12. The average Bonchev–Trinajstić information content (AvgIpc) is 2.49. The smallest absolute Gasteiger partial charge is 0.255 e.